The Morgan fingerprint density at radius 2 is 1.67 bits per heavy atom. The molecule has 0 bridgehead atoms. The zero-order valence-electron chi connectivity index (χ0n) is 27.3. The van der Waals surface area contributed by atoms with Gasteiger partial charge in [0, 0.05) is 49.2 Å². The van der Waals surface area contributed by atoms with Crippen molar-refractivity contribution in [3.05, 3.63) is 83.7 Å². The molecular weight excluding hydrogens is 690 g/mol. The van der Waals surface area contributed by atoms with Crippen LogP contribution in [-0.2, 0) is 25.7 Å². The van der Waals surface area contributed by atoms with Gasteiger partial charge in [-0.25, -0.2) is 8.78 Å². The topological polar surface area (TPSA) is 159 Å². The van der Waals surface area contributed by atoms with Crippen LogP contribution >= 0.6 is 15.9 Å². The minimum Gasteiger partial charge on any atom is -0.387 e. The number of aliphatic hydroxyl groups is 1. The number of amides is 4. The van der Waals surface area contributed by atoms with Crippen molar-refractivity contribution < 1.29 is 33.1 Å². The number of carbonyl (C=O) groups is 4. The van der Waals surface area contributed by atoms with Crippen molar-refractivity contribution >= 4 is 39.6 Å². The second-order valence-electron chi connectivity index (χ2n) is 12.4. The second-order valence-corrected chi connectivity index (χ2v) is 12.9. The van der Waals surface area contributed by atoms with E-state index < -0.39 is 53.5 Å². The summed E-state index contributed by atoms with van der Waals surface area (Å²) in [6.07, 6.45) is 1.76. The first-order valence-electron chi connectivity index (χ1n) is 15.5. The highest BCUT2D eigenvalue weighted by Crippen LogP contribution is 2.41. The molecular formula is C34H43BrF2N6O5. The molecule has 260 valence electrons. The van der Waals surface area contributed by atoms with Crippen LogP contribution in [0.15, 0.2) is 60.8 Å². The quantitative estimate of drug-likeness (QED) is 0.113. The number of aliphatic hydroxyl groups excluding tert-OH is 1. The van der Waals surface area contributed by atoms with Crippen LogP contribution in [-0.4, -0.2) is 82.4 Å². The first-order valence-corrected chi connectivity index (χ1v) is 16.6. The number of aromatic nitrogens is 1. The third-order valence-corrected chi connectivity index (χ3v) is 8.07. The SMILES string of the molecule is CC(C)(C)C(c1cc(-c2cc(F)ccc2F)cn1Cc1ccccc1)N(CC[C@H](N)C(=O)NCCNC(=O)CNC(=O)CBr)C(=O)CO. The standard InChI is InChI=1S/C34H43BrF2N6O5/c1-34(2,3)32(28-15-23(25-16-24(36)9-10-26(25)37)20-42(28)19-22-7-5-4-6-8-22)43(31(47)21-44)14-11-27(38)33(48)40-13-12-39-30(46)18-41-29(45)17-35/h4-10,15-16,20,27,32,44H,11-14,17-19,21,38H2,1-3H3,(H,39,46)(H,40,48)(H,41,45)/t27-,32?/m0/s1. The summed E-state index contributed by atoms with van der Waals surface area (Å²) in [4.78, 5) is 50.7. The number of rotatable bonds is 16. The molecule has 0 saturated heterocycles. The van der Waals surface area contributed by atoms with Gasteiger partial charge in [0.25, 0.3) is 0 Å². The third-order valence-electron chi connectivity index (χ3n) is 7.56. The lowest BCUT2D eigenvalue weighted by atomic mass is 9.82. The van der Waals surface area contributed by atoms with E-state index in [4.69, 9.17) is 5.73 Å². The maximum absolute atomic E-state index is 15.0. The van der Waals surface area contributed by atoms with Crippen molar-refractivity contribution in [1.29, 1.82) is 0 Å². The summed E-state index contributed by atoms with van der Waals surface area (Å²) in [5, 5.41) is 17.7. The van der Waals surface area contributed by atoms with Crippen LogP contribution in [0.25, 0.3) is 11.1 Å². The largest absolute Gasteiger partial charge is 0.387 e. The minimum absolute atomic E-state index is 0.0000978. The fourth-order valence-electron chi connectivity index (χ4n) is 5.32. The van der Waals surface area contributed by atoms with Crippen molar-refractivity contribution in [1.82, 2.24) is 25.4 Å². The van der Waals surface area contributed by atoms with Crippen molar-refractivity contribution in [2.45, 2.75) is 45.8 Å². The van der Waals surface area contributed by atoms with Crippen LogP contribution in [0.5, 0.6) is 0 Å². The Bertz CT molecular complexity index is 1560. The van der Waals surface area contributed by atoms with Crippen LogP contribution in [0.2, 0.25) is 0 Å². The molecule has 0 spiro atoms. The molecule has 1 aromatic heterocycles. The van der Waals surface area contributed by atoms with Gasteiger partial charge in [0.15, 0.2) is 0 Å². The number of hydrogen-bond acceptors (Lipinski definition) is 6. The number of hydrogen-bond donors (Lipinski definition) is 5. The van der Waals surface area contributed by atoms with Crippen molar-refractivity contribution in [2.24, 2.45) is 11.1 Å². The Morgan fingerprint density at radius 1 is 0.979 bits per heavy atom. The number of nitrogens with two attached hydrogens (primary N) is 1. The highest BCUT2D eigenvalue weighted by atomic mass is 79.9. The molecule has 11 nitrogen and oxygen atoms in total. The van der Waals surface area contributed by atoms with Gasteiger partial charge < -0.3 is 36.3 Å². The lowest BCUT2D eigenvalue weighted by Crippen LogP contribution is -2.48. The number of alkyl halides is 1. The van der Waals surface area contributed by atoms with E-state index in [9.17, 15) is 33.1 Å². The second kappa shape index (κ2) is 17.9. The molecule has 14 heteroatoms. The molecule has 6 N–H and O–H groups in total. The van der Waals surface area contributed by atoms with Crippen LogP contribution in [0, 0.1) is 17.0 Å². The molecule has 0 radical (unpaired) electrons. The van der Waals surface area contributed by atoms with Crippen molar-refractivity contribution in [2.75, 3.05) is 38.1 Å². The van der Waals surface area contributed by atoms with E-state index in [1.807, 2.05) is 55.7 Å². The van der Waals surface area contributed by atoms with Crippen molar-refractivity contribution in [3.8, 4) is 11.1 Å². The predicted molar refractivity (Wildman–Crippen MR) is 182 cm³/mol. The summed E-state index contributed by atoms with van der Waals surface area (Å²) >= 11 is 2.99. The van der Waals surface area contributed by atoms with Crippen LogP contribution in [0.4, 0.5) is 8.78 Å². The molecule has 0 aliphatic rings. The number of nitrogens with one attached hydrogen (secondary N) is 3. The molecule has 0 saturated carbocycles. The average Bonchev–Trinajstić information content (AvgIpc) is 3.46. The number of nitrogens with zero attached hydrogens (tertiary/aromatic N) is 2. The molecule has 48 heavy (non-hydrogen) atoms. The van der Waals surface area contributed by atoms with Crippen molar-refractivity contribution in [3.63, 3.8) is 0 Å². The minimum atomic E-state index is -1.03. The van der Waals surface area contributed by atoms with E-state index in [1.54, 1.807) is 12.3 Å². The van der Waals surface area contributed by atoms with E-state index in [2.05, 4.69) is 31.9 Å². The Morgan fingerprint density at radius 3 is 2.31 bits per heavy atom. The van der Waals surface area contributed by atoms with E-state index in [0.717, 1.165) is 23.8 Å². The molecule has 0 fully saturated rings. The molecule has 0 aliphatic carbocycles. The van der Waals surface area contributed by atoms with Gasteiger partial charge >= 0.3 is 0 Å². The van der Waals surface area contributed by atoms with Crippen LogP contribution in [0.1, 0.15) is 44.5 Å². The number of halogens is 3. The van der Waals surface area contributed by atoms with E-state index >= 15 is 0 Å². The molecule has 1 unspecified atom stereocenters. The van der Waals surface area contributed by atoms with Crippen LogP contribution in [0.3, 0.4) is 0 Å². The summed E-state index contributed by atoms with van der Waals surface area (Å²) in [5.41, 5.74) is 7.60. The Kier molecular flexibility index (Phi) is 14.2. The summed E-state index contributed by atoms with van der Waals surface area (Å²) in [6, 6.07) is 12.8. The summed E-state index contributed by atoms with van der Waals surface area (Å²) in [7, 11) is 0. The van der Waals surface area contributed by atoms with Gasteiger partial charge in [0.2, 0.25) is 23.6 Å². The lowest BCUT2D eigenvalue weighted by molar-refractivity contribution is -0.140. The molecule has 4 amide bonds. The maximum Gasteiger partial charge on any atom is 0.248 e. The molecule has 1 heterocycles. The first kappa shape index (κ1) is 38.3. The smallest absolute Gasteiger partial charge is 0.248 e. The Balaban J connectivity index is 1.84. The fraction of sp³-hybridized carbons (Fsp3) is 0.412. The maximum atomic E-state index is 15.0. The number of carbonyl (C=O) groups excluding carboxylic acids is 4. The zero-order valence-corrected chi connectivity index (χ0v) is 28.9. The molecule has 3 aromatic rings. The van der Waals surface area contributed by atoms with E-state index in [1.165, 1.54) is 4.90 Å². The van der Waals surface area contributed by atoms with Gasteiger partial charge in [-0.3, -0.25) is 19.2 Å². The fourth-order valence-corrected chi connectivity index (χ4v) is 5.52. The normalized spacial score (nSPS) is 12.6. The Labute approximate surface area is 287 Å². The average molecular weight is 734 g/mol. The first-order chi connectivity index (χ1) is 22.7. The summed E-state index contributed by atoms with van der Waals surface area (Å²) < 4.78 is 31.1. The monoisotopic (exact) mass is 732 g/mol. The van der Waals surface area contributed by atoms with Crippen LogP contribution < -0.4 is 21.7 Å². The summed E-state index contributed by atoms with van der Waals surface area (Å²) in [5.74, 6) is -3.05. The Hall–Kier alpha value is -4.14. The van der Waals surface area contributed by atoms with Gasteiger partial charge in [0.1, 0.15) is 18.2 Å². The van der Waals surface area contributed by atoms with Gasteiger partial charge in [-0.15, -0.1) is 0 Å². The highest BCUT2D eigenvalue weighted by molar-refractivity contribution is 9.09. The molecule has 2 atom stereocenters. The van der Waals surface area contributed by atoms with Gasteiger partial charge in [-0.05, 0) is 41.7 Å². The van der Waals surface area contributed by atoms with Gasteiger partial charge in [-0.1, -0.05) is 67.0 Å². The summed E-state index contributed by atoms with van der Waals surface area (Å²) in [6.45, 7) is 5.32. The predicted octanol–water partition coefficient (Wildman–Crippen LogP) is 2.85. The zero-order chi connectivity index (χ0) is 35.4. The van der Waals surface area contributed by atoms with E-state index in [0.29, 0.717) is 17.8 Å². The molecule has 3 rings (SSSR count). The molecule has 0 aliphatic heterocycles. The van der Waals surface area contributed by atoms with Gasteiger partial charge in [-0.2, -0.15) is 0 Å². The lowest BCUT2D eigenvalue weighted by Gasteiger charge is -2.41. The number of benzene rings is 2. The van der Waals surface area contributed by atoms with Gasteiger partial charge in [0.05, 0.1) is 24.0 Å². The highest BCUT2D eigenvalue weighted by Gasteiger charge is 2.37. The van der Waals surface area contributed by atoms with E-state index in [-0.39, 0.29) is 49.4 Å². The third kappa shape index (κ3) is 11.0. The molecule has 2 aromatic carbocycles.